The number of pyridine rings is 1. The first-order valence-electron chi connectivity index (χ1n) is 11.8. The van der Waals surface area contributed by atoms with Gasteiger partial charge >= 0.3 is 0 Å². The third-order valence-corrected chi connectivity index (χ3v) is 6.82. The minimum Gasteiger partial charge on any atom is -0.401 e. The van der Waals surface area contributed by atoms with E-state index in [4.69, 9.17) is 26.0 Å². The van der Waals surface area contributed by atoms with Crippen molar-refractivity contribution in [3.63, 3.8) is 0 Å². The number of ether oxygens (including phenoxy) is 2. The maximum Gasteiger partial charge on any atom is 0.0960 e. The van der Waals surface area contributed by atoms with Crippen molar-refractivity contribution in [2.75, 3.05) is 34.0 Å². The molecule has 0 amide bonds. The van der Waals surface area contributed by atoms with Gasteiger partial charge in [-0.1, -0.05) is 12.1 Å². The van der Waals surface area contributed by atoms with Gasteiger partial charge in [0, 0.05) is 50.2 Å². The molecule has 0 radical (unpaired) electrons. The summed E-state index contributed by atoms with van der Waals surface area (Å²) in [6.07, 6.45) is 3.75. The summed E-state index contributed by atoms with van der Waals surface area (Å²) in [5, 5.41) is 13.3. The van der Waals surface area contributed by atoms with Crippen LogP contribution in [0.25, 0.3) is 27.6 Å². The lowest BCUT2D eigenvalue weighted by molar-refractivity contribution is 0.0311. The quantitative estimate of drug-likeness (QED) is 0.360. The highest BCUT2D eigenvalue weighted by atomic mass is 16.5. The predicted molar refractivity (Wildman–Crippen MR) is 136 cm³/mol. The van der Waals surface area contributed by atoms with Crippen molar-refractivity contribution < 1.29 is 14.6 Å². The molecular weight excluding hydrogens is 430 g/mol. The molecule has 5 N–H and O–H groups in total. The number of nitrogens with zero attached hydrogens (tertiary/aromatic N) is 3. The van der Waals surface area contributed by atoms with Crippen LogP contribution in [0, 0.1) is 5.92 Å². The lowest BCUT2D eigenvalue weighted by Crippen LogP contribution is -2.29. The molecule has 1 unspecified atom stereocenters. The molecular formula is C26H37N5O3. The van der Waals surface area contributed by atoms with E-state index >= 15 is 0 Å². The van der Waals surface area contributed by atoms with Crippen LogP contribution >= 0.6 is 0 Å². The minimum atomic E-state index is -0.960. The molecule has 3 aromatic rings. The molecule has 1 fully saturated rings. The van der Waals surface area contributed by atoms with Crippen molar-refractivity contribution in [2.24, 2.45) is 17.5 Å². The van der Waals surface area contributed by atoms with E-state index in [0.29, 0.717) is 18.2 Å². The number of allylic oxidation sites excluding steroid dienone is 1. The second-order valence-electron chi connectivity index (χ2n) is 9.87. The number of fused-ring (bicyclic) bond motifs is 3. The van der Waals surface area contributed by atoms with Crippen molar-refractivity contribution in [3.05, 3.63) is 47.3 Å². The number of aliphatic hydroxyl groups is 1. The summed E-state index contributed by atoms with van der Waals surface area (Å²) in [5.41, 5.74) is 11.2. The predicted octanol–water partition coefficient (Wildman–Crippen LogP) is 3.48. The van der Waals surface area contributed by atoms with Gasteiger partial charge in [-0.15, -0.1) is 0 Å². The van der Waals surface area contributed by atoms with E-state index in [0.717, 1.165) is 64.8 Å². The second-order valence-corrected chi connectivity index (χ2v) is 9.87. The van der Waals surface area contributed by atoms with Gasteiger partial charge in [-0.25, -0.2) is 5.84 Å². The Balaban J connectivity index is 2.04. The van der Waals surface area contributed by atoms with Gasteiger partial charge in [-0.05, 0) is 57.2 Å². The van der Waals surface area contributed by atoms with Crippen LogP contribution in [-0.4, -0.2) is 53.6 Å². The van der Waals surface area contributed by atoms with Crippen LogP contribution in [0.5, 0.6) is 0 Å². The number of nitrogens with two attached hydrogens (primary N) is 2. The molecule has 4 rings (SSSR count). The number of hydrogen-bond acceptors (Lipinski definition) is 7. The number of benzene rings is 1. The van der Waals surface area contributed by atoms with Crippen LogP contribution in [0.1, 0.15) is 50.8 Å². The molecule has 0 bridgehead atoms. The van der Waals surface area contributed by atoms with E-state index in [9.17, 15) is 5.11 Å². The van der Waals surface area contributed by atoms with Gasteiger partial charge in [-0.2, -0.15) is 0 Å². The summed E-state index contributed by atoms with van der Waals surface area (Å²) in [4.78, 5) is 4.87. The Bertz CT molecular complexity index is 1200. The van der Waals surface area contributed by atoms with Crippen LogP contribution < -0.4 is 11.6 Å². The molecule has 2 aromatic heterocycles. The first kappa shape index (κ1) is 24.5. The highest BCUT2D eigenvalue weighted by Gasteiger charge is 2.30. The van der Waals surface area contributed by atoms with Gasteiger partial charge in [0.25, 0.3) is 0 Å². The lowest BCUT2D eigenvalue weighted by Gasteiger charge is -2.32. The summed E-state index contributed by atoms with van der Waals surface area (Å²) >= 11 is 0. The van der Waals surface area contributed by atoms with Gasteiger partial charge in [0.2, 0.25) is 0 Å². The second kappa shape index (κ2) is 9.54. The van der Waals surface area contributed by atoms with Crippen molar-refractivity contribution >= 4 is 27.6 Å². The van der Waals surface area contributed by atoms with E-state index in [-0.39, 0.29) is 6.04 Å². The average molecular weight is 468 g/mol. The van der Waals surface area contributed by atoms with E-state index in [1.54, 1.807) is 28.0 Å². The first-order valence-corrected chi connectivity index (χ1v) is 11.8. The summed E-state index contributed by atoms with van der Waals surface area (Å²) in [6.45, 7) is 7.51. The largest absolute Gasteiger partial charge is 0.401 e. The molecule has 1 aliphatic heterocycles. The van der Waals surface area contributed by atoms with Gasteiger partial charge in [-0.3, -0.25) is 4.98 Å². The molecule has 0 saturated carbocycles. The summed E-state index contributed by atoms with van der Waals surface area (Å²) in [6, 6.07) is 8.32. The van der Waals surface area contributed by atoms with Crippen LogP contribution in [0.4, 0.5) is 0 Å². The van der Waals surface area contributed by atoms with Crippen molar-refractivity contribution in [1.29, 1.82) is 0 Å². The molecule has 8 nitrogen and oxygen atoms in total. The number of rotatable bonds is 7. The van der Waals surface area contributed by atoms with Crippen molar-refractivity contribution in [2.45, 2.75) is 45.3 Å². The number of hydrogen-bond donors (Lipinski definition) is 3. The zero-order valence-corrected chi connectivity index (χ0v) is 20.8. The third kappa shape index (κ3) is 4.51. The third-order valence-electron chi connectivity index (χ3n) is 6.82. The zero-order valence-electron chi connectivity index (χ0n) is 20.8. The van der Waals surface area contributed by atoms with Crippen molar-refractivity contribution in [3.8, 4) is 0 Å². The Kier molecular flexibility index (Phi) is 6.87. The number of aromatic nitrogens is 2. The minimum absolute atomic E-state index is 0.0880. The van der Waals surface area contributed by atoms with E-state index < -0.39 is 5.60 Å². The standard InChI is InChI=1S/C26H37N5O3/c1-16(27)25(30(4)28)18-12-22-24(29-14-18)20-7-6-19(26(2,3)32)13-21(20)31(22)23(15-33-5)17-8-10-34-11-9-17/h6-7,12-14,17,23,32H,8-11,15,27-28H2,1-5H3/b25-16-. The van der Waals surface area contributed by atoms with Crippen LogP contribution in [0.15, 0.2) is 36.2 Å². The number of hydrazine groups is 1. The SMILES string of the molecule is COCC(C1CCOCC1)n1c2cc(C(C)(C)O)ccc2c2ncc(/C(=C(\C)N)N(C)N)cc21. The Morgan fingerprint density at radius 2 is 2.00 bits per heavy atom. The molecule has 1 aliphatic rings. The fourth-order valence-electron chi connectivity index (χ4n) is 5.17. The van der Waals surface area contributed by atoms with E-state index in [1.807, 2.05) is 19.2 Å². The fourth-order valence-corrected chi connectivity index (χ4v) is 5.17. The summed E-state index contributed by atoms with van der Waals surface area (Å²) in [5.74, 6) is 6.51. The Labute approximate surface area is 201 Å². The molecule has 184 valence electrons. The Morgan fingerprint density at radius 1 is 1.29 bits per heavy atom. The molecule has 0 aliphatic carbocycles. The average Bonchev–Trinajstić information content (AvgIpc) is 3.10. The Hall–Kier alpha value is -2.65. The first-order chi connectivity index (χ1) is 16.1. The zero-order chi connectivity index (χ0) is 24.6. The van der Waals surface area contributed by atoms with E-state index in [2.05, 4.69) is 22.8 Å². The lowest BCUT2D eigenvalue weighted by atomic mass is 9.91. The summed E-state index contributed by atoms with van der Waals surface area (Å²) in [7, 11) is 3.52. The van der Waals surface area contributed by atoms with E-state index in [1.165, 1.54) is 5.01 Å². The summed E-state index contributed by atoms with van der Waals surface area (Å²) < 4.78 is 13.7. The smallest absolute Gasteiger partial charge is 0.0960 e. The maximum absolute atomic E-state index is 10.7. The van der Waals surface area contributed by atoms with Crippen LogP contribution in [0.3, 0.4) is 0 Å². The van der Waals surface area contributed by atoms with Crippen LogP contribution in [0.2, 0.25) is 0 Å². The molecule has 0 spiro atoms. The highest BCUT2D eigenvalue weighted by Crippen LogP contribution is 2.39. The van der Waals surface area contributed by atoms with Crippen LogP contribution in [-0.2, 0) is 15.1 Å². The maximum atomic E-state index is 10.7. The number of methoxy groups -OCH3 is 1. The van der Waals surface area contributed by atoms with Gasteiger partial charge < -0.3 is 29.9 Å². The van der Waals surface area contributed by atoms with Gasteiger partial charge in [0.05, 0.1) is 40.5 Å². The molecule has 1 saturated heterocycles. The highest BCUT2D eigenvalue weighted by molar-refractivity contribution is 6.06. The topological polar surface area (TPSA) is 112 Å². The molecule has 3 heterocycles. The molecule has 34 heavy (non-hydrogen) atoms. The Morgan fingerprint density at radius 3 is 2.59 bits per heavy atom. The molecule has 1 aromatic carbocycles. The fraction of sp³-hybridized carbons (Fsp3) is 0.500. The normalized spacial score (nSPS) is 17.3. The van der Waals surface area contributed by atoms with Gasteiger partial charge in [0.1, 0.15) is 0 Å². The van der Waals surface area contributed by atoms with Gasteiger partial charge in [0.15, 0.2) is 0 Å². The molecule has 8 heteroatoms. The van der Waals surface area contributed by atoms with Crippen molar-refractivity contribution in [1.82, 2.24) is 14.6 Å². The monoisotopic (exact) mass is 467 g/mol. The molecule has 1 atom stereocenters.